The van der Waals surface area contributed by atoms with E-state index in [1.807, 2.05) is 13.0 Å². The molecule has 2 heterocycles. The molecule has 29 heavy (non-hydrogen) atoms. The second-order valence-electron chi connectivity index (χ2n) is 7.18. The number of nitrogens with zero attached hydrogens (tertiary/aromatic N) is 2. The van der Waals surface area contributed by atoms with Gasteiger partial charge in [-0.05, 0) is 31.9 Å². The molecule has 2 aliphatic rings. The fourth-order valence-corrected chi connectivity index (χ4v) is 3.82. The molecule has 0 aliphatic carbocycles. The van der Waals surface area contributed by atoms with Gasteiger partial charge in [0.2, 0.25) is 11.9 Å². The van der Waals surface area contributed by atoms with E-state index in [0.717, 1.165) is 37.7 Å². The van der Waals surface area contributed by atoms with E-state index in [0.29, 0.717) is 29.8 Å². The van der Waals surface area contributed by atoms with Crippen molar-refractivity contribution < 1.29 is 24.2 Å². The Morgan fingerprint density at radius 3 is 2.69 bits per heavy atom. The number of nitrogens with one attached hydrogen (secondary N) is 1. The van der Waals surface area contributed by atoms with Crippen LogP contribution in [0, 0.1) is 0 Å². The van der Waals surface area contributed by atoms with E-state index in [9.17, 15) is 9.59 Å². The van der Waals surface area contributed by atoms with Crippen molar-refractivity contribution in [1.29, 1.82) is 0 Å². The quantitative estimate of drug-likeness (QED) is 0.399. The van der Waals surface area contributed by atoms with Gasteiger partial charge >= 0.3 is 0 Å². The molecule has 2 unspecified atom stereocenters. The molecule has 9 nitrogen and oxygen atoms in total. The number of rotatable bonds is 10. The number of amides is 2. The fraction of sp³-hybridized carbons (Fsp3) is 0.550. The third-order valence-electron chi connectivity index (χ3n) is 5.24. The first-order valence-electron chi connectivity index (χ1n) is 9.91. The molecule has 2 amide bonds. The summed E-state index contributed by atoms with van der Waals surface area (Å²) >= 11 is 0. The van der Waals surface area contributed by atoms with Crippen molar-refractivity contribution in [2.75, 3.05) is 20.3 Å². The first-order valence-corrected chi connectivity index (χ1v) is 9.91. The number of guanidine groups is 1. The van der Waals surface area contributed by atoms with Crippen LogP contribution in [0.4, 0.5) is 5.69 Å². The van der Waals surface area contributed by atoms with Crippen molar-refractivity contribution >= 4 is 23.5 Å². The van der Waals surface area contributed by atoms with E-state index in [-0.39, 0.29) is 12.6 Å². The minimum absolute atomic E-state index is 0.236. The van der Waals surface area contributed by atoms with Gasteiger partial charge in [0.05, 0.1) is 25.4 Å². The number of ether oxygens (including phenoxy) is 2. The van der Waals surface area contributed by atoms with Gasteiger partial charge in [-0.1, -0.05) is 19.3 Å². The molecule has 2 atom stereocenters. The highest BCUT2D eigenvalue weighted by Crippen LogP contribution is 2.46. The molecule has 4 N–H and O–H groups in total. The average molecular weight is 404 g/mol. The summed E-state index contributed by atoms with van der Waals surface area (Å²) in [7, 11) is 1.56. The van der Waals surface area contributed by atoms with Crippen molar-refractivity contribution in [3.8, 4) is 11.5 Å². The first kappa shape index (κ1) is 20.9. The van der Waals surface area contributed by atoms with Gasteiger partial charge in [0.1, 0.15) is 0 Å². The molecular weight excluding hydrogens is 376 g/mol. The van der Waals surface area contributed by atoms with Crippen molar-refractivity contribution in [1.82, 2.24) is 10.2 Å². The summed E-state index contributed by atoms with van der Waals surface area (Å²) in [5.41, 5.74) is 6.84. The fourth-order valence-electron chi connectivity index (χ4n) is 3.82. The maximum Gasteiger partial charge on any atom is 0.259 e. The van der Waals surface area contributed by atoms with Gasteiger partial charge in [0.15, 0.2) is 17.5 Å². The summed E-state index contributed by atoms with van der Waals surface area (Å²) in [4.78, 5) is 30.0. The minimum atomic E-state index is -1.11. The SMILES string of the molecule is COc1c(OCCCCCCCO)ccc2c1C(C)N1C(=N2)NC(=O)C1C(N)=O. The molecule has 1 saturated heterocycles. The predicted octanol–water partition coefficient (Wildman–Crippen LogP) is 1.36. The first-order chi connectivity index (χ1) is 14.0. The van der Waals surface area contributed by atoms with E-state index < -0.39 is 17.9 Å². The lowest BCUT2D eigenvalue weighted by atomic mass is 10.00. The minimum Gasteiger partial charge on any atom is -0.492 e. The topological polar surface area (TPSA) is 126 Å². The molecule has 1 fully saturated rings. The zero-order chi connectivity index (χ0) is 21.0. The van der Waals surface area contributed by atoms with Crippen LogP contribution in [0.15, 0.2) is 17.1 Å². The normalized spacial score (nSPS) is 19.9. The number of aliphatic imine (C=N–C) groups is 1. The Kier molecular flexibility index (Phi) is 6.58. The molecule has 0 aromatic heterocycles. The predicted molar refractivity (Wildman–Crippen MR) is 107 cm³/mol. The molecule has 9 heteroatoms. The number of hydrogen-bond acceptors (Lipinski definition) is 7. The number of aliphatic hydroxyl groups is 1. The highest BCUT2D eigenvalue weighted by Gasteiger charge is 2.46. The van der Waals surface area contributed by atoms with E-state index >= 15 is 0 Å². The number of carbonyl (C=O) groups is 2. The molecule has 1 aromatic rings. The number of carbonyl (C=O) groups excluding carboxylic acids is 2. The Balaban J connectivity index is 1.77. The van der Waals surface area contributed by atoms with Crippen molar-refractivity contribution in [2.24, 2.45) is 10.7 Å². The maximum absolute atomic E-state index is 12.2. The number of primary amides is 1. The maximum atomic E-state index is 12.2. The van der Waals surface area contributed by atoms with Gasteiger partial charge in [-0.2, -0.15) is 0 Å². The van der Waals surface area contributed by atoms with Crippen LogP contribution in [0.2, 0.25) is 0 Å². The molecule has 3 rings (SSSR count). The monoisotopic (exact) mass is 404 g/mol. The van der Waals surface area contributed by atoms with Crippen molar-refractivity contribution in [3.05, 3.63) is 17.7 Å². The molecule has 0 radical (unpaired) electrons. The van der Waals surface area contributed by atoms with Crippen LogP contribution < -0.4 is 20.5 Å². The zero-order valence-corrected chi connectivity index (χ0v) is 16.8. The van der Waals surface area contributed by atoms with E-state index in [2.05, 4.69) is 10.3 Å². The van der Waals surface area contributed by atoms with Crippen molar-refractivity contribution in [3.63, 3.8) is 0 Å². The van der Waals surface area contributed by atoms with Crippen LogP contribution in [0.5, 0.6) is 11.5 Å². The summed E-state index contributed by atoms with van der Waals surface area (Å²) < 4.78 is 11.6. The van der Waals surface area contributed by atoms with E-state index in [4.69, 9.17) is 20.3 Å². The highest BCUT2D eigenvalue weighted by atomic mass is 16.5. The Morgan fingerprint density at radius 2 is 2.00 bits per heavy atom. The van der Waals surface area contributed by atoms with Crippen LogP contribution >= 0.6 is 0 Å². The number of methoxy groups -OCH3 is 1. The van der Waals surface area contributed by atoms with Gasteiger partial charge in [0.25, 0.3) is 5.91 Å². The molecular formula is C20H28N4O5. The smallest absolute Gasteiger partial charge is 0.259 e. The molecule has 158 valence electrons. The number of fused-ring (bicyclic) bond motifs is 2. The Labute approximate surface area is 169 Å². The second kappa shape index (κ2) is 9.13. The summed E-state index contributed by atoms with van der Waals surface area (Å²) in [6, 6.07) is 2.16. The zero-order valence-electron chi connectivity index (χ0n) is 16.8. The molecule has 1 aromatic carbocycles. The number of benzene rings is 1. The summed E-state index contributed by atoms with van der Waals surface area (Å²) in [5.74, 6) is 0.252. The summed E-state index contributed by atoms with van der Waals surface area (Å²) in [6.07, 6.45) is 4.83. The average Bonchev–Trinajstić information content (AvgIpc) is 3.03. The molecule has 2 aliphatic heterocycles. The van der Waals surface area contributed by atoms with Crippen LogP contribution in [-0.4, -0.2) is 54.1 Å². The standard InChI is InChI=1S/C20H28N4O5/c1-12-15-13(22-20-23-19(27)16(18(21)26)24(12)20)8-9-14(17(15)28-2)29-11-7-5-3-4-6-10-25/h8-9,12,16,25H,3-7,10-11H2,1-2H3,(H2,21,26)(H,22,23,27). The van der Waals surface area contributed by atoms with Gasteiger partial charge in [-0.25, -0.2) is 4.99 Å². The Hall–Kier alpha value is -2.81. The van der Waals surface area contributed by atoms with Gasteiger partial charge < -0.3 is 25.2 Å². The molecule has 0 bridgehead atoms. The largest absolute Gasteiger partial charge is 0.492 e. The summed E-state index contributed by atoms with van der Waals surface area (Å²) in [6.45, 7) is 2.65. The third-order valence-corrected chi connectivity index (χ3v) is 5.24. The van der Waals surface area contributed by atoms with Crippen molar-refractivity contribution in [2.45, 2.75) is 51.1 Å². The van der Waals surface area contributed by atoms with Gasteiger partial charge in [-0.15, -0.1) is 0 Å². The number of hydrogen-bond donors (Lipinski definition) is 3. The van der Waals surface area contributed by atoms with Gasteiger partial charge in [0, 0.05) is 12.2 Å². The number of nitrogens with two attached hydrogens (primary N) is 1. The van der Waals surface area contributed by atoms with Crippen LogP contribution in [0.25, 0.3) is 0 Å². The lowest BCUT2D eigenvalue weighted by Crippen LogP contribution is -2.47. The number of unbranched alkanes of at least 4 members (excludes halogenated alkanes) is 4. The summed E-state index contributed by atoms with van der Waals surface area (Å²) in [5, 5.41) is 11.4. The third kappa shape index (κ3) is 4.14. The molecule has 0 spiro atoms. The Bertz CT molecular complexity index is 810. The number of aliphatic hydroxyl groups excluding tert-OH is 1. The van der Waals surface area contributed by atoms with Crippen LogP contribution in [-0.2, 0) is 9.59 Å². The highest BCUT2D eigenvalue weighted by molar-refractivity contribution is 6.17. The van der Waals surface area contributed by atoms with Gasteiger partial charge in [-0.3, -0.25) is 14.9 Å². The van der Waals surface area contributed by atoms with Crippen LogP contribution in [0.1, 0.15) is 50.6 Å². The van der Waals surface area contributed by atoms with E-state index in [1.165, 1.54) is 0 Å². The Morgan fingerprint density at radius 1 is 1.28 bits per heavy atom. The lowest BCUT2D eigenvalue weighted by molar-refractivity contribution is -0.131. The lowest BCUT2D eigenvalue weighted by Gasteiger charge is -2.34. The van der Waals surface area contributed by atoms with E-state index in [1.54, 1.807) is 18.1 Å². The molecule has 0 saturated carbocycles. The second-order valence-corrected chi connectivity index (χ2v) is 7.18. The van der Waals surface area contributed by atoms with Crippen LogP contribution in [0.3, 0.4) is 0 Å².